The first-order chi connectivity index (χ1) is 13.8. The second-order valence-corrected chi connectivity index (χ2v) is 9.09. The van der Waals surface area contributed by atoms with Crippen LogP contribution in [0.5, 0.6) is 5.75 Å². The Balaban J connectivity index is 1.76. The molecule has 4 nitrogen and oxygen atoms in total. The van der Waals surface area contributed by atoms with Crippen molar-refractivity contribution in [3.63, 3.8) is 0 Å². The lowest BCUT2D eigenvalue weighted by molar-refractivity contribution is -0.160. The van der Waals surface area contributed by atoms with Crippen LogP contribution in [0.2, 0.25) is 5.02 Å². The summed E-state index contributed by atoms with van der Waals surface area (Å²) in [6, 6.07) is 13.1. The van der Waals surface area contributed by atoms with Crippen LogP contribution in [0.3, 0.4) is 0 Å². The van der Waals surface area contributed by atoms with Crippen molar-refractivity contribution >= 4 is 17.6 Å². The van der Waals surface area contributed by atoms with Crippen molar-refractivity contribution in [1.82, 2.24) is 0 Å². The van der Waals surface area contributed by atoms with E-state index in [-0.39, 0.29) is 29.6 Å². The molecule has 0 aliphatic carbocycles. The van der Waals surface area contributed by atoms with Gasteiger partial charge >= 0.3 is 5.97 Å². The number of hydrogen-bond acceptors (Lipinski definition) is 3. The molecule has 0 bridgehead atoms. The third kappa shape index (κ3) is 3.76. The lowest BCUT2D eigenvalue weighted by atomic mass is 9.69. The third-order valence-electron chi connectivity index (χ3n) is 6.32. The molecule has 2 aromatic carbocycles. The Morgan fingerprint density at radius 2 is 2.03 bits per heavy atom. The van der Waals surface area contributed by atoms with Crippen molar-refractivity contribution < 1.29 is 19.4 Å². The van der Waals surface area contributed by atoms with E-state index in [0.29, 0.717) is 0 Å². The van der Waals surface area contributed by atoms with E-state index in [1.807, 2.05) is 18.2 Å². The zero-order chi connectivity index (χ0) is 20.8. The van der Waals surface area contributed by atoms with E-state index < -0.39 is 11.6 Å². The molecule has 2 aromatic rings. The summed E-state index contributed by atoms with van der Waals surface area (Å²) in [5.41, 5.74) is 1.88. The highest BCUT2D eigenvalue weighted by atomic mass is 35.5. The highest BCUT2D eigenvalue weighted by Gasteiger charge is 2.50. The smallest absolute Gasteiger partial charge is 0.335 e. The molecular weight excluding hydrogens is 388 g/mol. The van der Waals surface area contributed by atoms with Crippen molar-refractivity contribution in [3.8, 4) is 5.75 Å². The van der Waals surface area contributed by atoms with Gasteiger partial charge in [0.05, 0.1) is 17.8 Å². The number of fused-ring (bicyclic) bond motifs is 3. The first kappa shape index (κ1) is 20.2. The van der Waals surface area contributed by atoms with Gasteiger partial charge in [0, 0.05) is 22.4 Å². The molecule has 2 aliphatic heterocycles. The molecule has 0 unspecified atom stereocenters. The average molecular weight is 415 g/mol. The number of rotatable bonds is 4. The van der Waals surface area contributed by atoms with Crippen LogP contribution in [0.25, 0.3) is 0 Å². The molecule has 1 saturated heterocycles. The van der Waals surface area contributed by atoms with Crippen molar-refractivity contribution in [1.29, 1.82) is 0 Å². The first-order valence-corrected chi connectivity index (χ1v) is 10.6. The Bertz CT molecular complexity index is 923. The van der Waals surface area contributed by atoms with Crippen LogP contribution in [0, 0.1) is 5.92 Å². The molecular formula is C24H27ClO4. The lowest BCUT2D eigenvalue weighted by Crippen LogP contribution is -2.50. The van der Waals surface area contributed by atoms with E-state index in [1.165, 1.54) is 5.56 Å². The summed E-state index contributed by atoms with van der Waals surface area (Å²) < 4.78 is 13.0. The fraction of sp³-hybridized carbons (Fsp3) is 0.458. The van der Waals surface area contributed by atoms with Gasteiger partial charge in [0.2, 0.25) is 0 Å². The monoisotopic (exact) mass is 414 g/mol. The fourth-order valence-electron chi connectivity index (χ4n) is 4.86. The molecule has 4 rings (SSSR count). The quantitative estimate of drug-likeness (QED) is 0.643. The number of hydrogen-bond donors (Lipinski definition) is 1. The number of halogens is 1. The summed E-state index contributed by atoms with van der Waals surface area (Å²) in [6.45, 7) is 6.35. The summed E-state index contributed by atoms with van der Waals surface area (Å²) in [6.07, 6.45) is 2.73. The maximum absolute atomic E-state index is 11.5. The SMILES string of the molecule is CCC[C@H]1O[C@@H]2c3cc(C(=O)O)ccc3OC(C)(C)[C@H]2C[C@@H]1c1cccc(Cl)c1. The number of carboxylic acids is 1. The van der Waals surface area contributed by atoms with Crippen LogP contribution in [-0.2, 0) is 4.74 Å². The van der Waals surface area contributed by atoms with Crippen molar-refractivity contribution in [3.05, 3.63) is 64.2 Å². The third-order valence-corrected chi connectivity index (χ3v) is 6.56. The van der Waals surface area contributed by atoms with Crippen LogP contribution >= 0.6 is 11.6 Å². The minimum atomic E-state index is -0.938. The second kappa shape index (κ2) is 7.66. The molecule has 0 amide bonds. The summed E-state index contributed by atoms with van der Waals surface area (Å²) in [5.74, 6) is 0.114. The summed E-state index contributed by atoms with van der Waals surface area (Å²) >= 11 is 6.28. The number of ether oxygens (including phenoxy) is 2. The van der Waals surface area contributed by atoms with Crippen LogP contribution in [0.1, 0.15) is 73.5 Å². The molecule has 0 saturated carbocycles. The van der Waals surface area contributed by atoms with Gasteiger partial charge in [-0.15, -0.1) is 0 Å². The van der Waals surface area contributed by atoms with Gasteiger partial charge in [-0.25, -0.2) is 4.79 Å². The van der Waals surface area contributed by atoms with Crippen molar-refractivity contribution in [2.24, 2.45) is 5.92 Å². The maximum Gasteiger partial charge on any atom is 0.335 e. The Kier molecular flexibility index (Phi) is 5.34. The van der Waals surface area contributed by atoms with Gasteiger partial charge in [-0.05, 0) is 62.6 Å². The Morgan fingerprint density at radius 1 is 1.24 bits per heavy atom. The molecule has 154 valence electrons. The van der Waals surface area contributed by atoms with E-state index in [4.69, 9.17) is 21.1 Å². The molecule has 2 heterocycles. The van der Waals surface area contributed by atoms with E-state index in [9.17, 15) is 9.90 Å². The van der Waals surface area contributed by atoms with Gasteiger partial charge in [0.15, 0.2) is 0 Å². The zero-order valence-corrected chi connectivity index (χ0v) is 17.8. The van der Waals surface area contributed by atoms with Gasteiger partial charge in [-0.2, -0.15) is 0 Å². The van der Waals surface area contributed by atoms with Crippen LogP contribution < -0.4 is 4.74 Å². The lowest BCUT2D eigenvalue weighted by Gasteiger charge is -2.51. The van der Waals surface area contributed by atoms with Gasteiger partial charge in [0.1, 0.15) is 11.4 Å². The second-order valence-electron chi connectivity index (χ2n) is 8.65. The Labute approximate surface area is 176 Å². The molecule has 2 aliphatic rings. The van der Waals surface area contributed by atoms with Crippen LogP contribution in [0.15, 0.2) is 42.5 Å². The van der Waals surface area contributed by atoms with Crippen molar-refractivity contribution in [2.75, 3.05) is 0 Å². The summed E-state index contributed by atoms with van der Waals surface area (Å²) in [4.78, 5) is 11.5. The number of aromatic carboxylic acids is 1. The molecule has 29 heavy (non-hydrogen) atoms. The van der Waals surface area contributed by atoms with E-state index in [2.05, 4.69) is 26.8 Å². The predicted molar refractivity (Wildman–Crippen MR) is 113 cm³/mol. The summed E-state index contributed by atoms with van der Waals surface area (Å²) in [5, 5.41) is 10.2. The molecule has 0 aromatic heterocycles. The minimum absolute atomic E-state index is 0.0509. The van der Waals surface area contributed by atoms with E-state index in [1.54, 1.807) is 18.2 Å². The van der Waals surface area contributed by atoms with Gasteiger partial charge < -0.3 is 14.6 Å². The standard InChI is InChI=1S/C24H27ClO4/c1-4-6-20-17(14-7-5-8-16(25)11-14)13-19-22(28-20)18-12-15(23(26)27)9-10-21(18)29-24(19,2)3/h5,7-12,17,19-20,22H,4,6,13H2,1-3H3,(H,26,27)/t17-,19+,20-,22-/m1/s1. The van der Waals surface area contributed by atoms with Gasteiger partial charge in [0.25, 0.3) is 0 Å². The largest absolute Gasteiger partial charge is 0.487 e. The van der Waals surface area contributed by atoms with Crippen LogP contribution in [-0.4, -0.2) is 22.8 Å². The highest BCUT2D eigenvalue weighted by molar-refractivity contribution is 6.30. The maximum atomic E-state index is 11.5. The molecule has 4 atom stereocenters. The van der Waals surface area contributed by atoms with Gasteiger partial charge in [-0.1, -0.05) is 37.1 Å². The predicted octanol–water partition coefficient (Wildman–Crippen LogP) is 6.24. The zero-order valence-electron chi connectivity index (χ0n) is 17.0. The van der Waals surface area contributed by atoms with E-state index >= 15 is 0 Å². The van der Waals surface area contributed by atoms with E-state index in [0.717, 1.165) is 35.6 Å². The van der Waals surface area contributed by atoms with Gasteiger partial charge in [-0.3, -0.25) is 0 Å². The number of benzene rings is 2. The summed E-state index contributed by atoms with van der Waals surface area (Å²) in [7, 11) is 0. The molecule has 5 heteroatoms. The van der Waals surface area contributed by atoms with Crippen molar-refractivity contribution in [2.45, 2.75) is 63.8 Å². The molecule has 1 N–H and O–H groups in total. The average Bonchev–Trinajstić information content (AvgIpc) is 2.67. The molecule has 0 spiro atoms. The number of carbonyl (C=O) groups is 1. The molecule has 1 fully saturated rings. The number of carboxylic acid groups (broad SMARTS) is 1. The Hall–Kier alpha value is -2.04. The normalized spacial score (nSPS) is 27.4. The highest BCUT2D eigenvalue weighted by Crippen LogP contribution is 2.54. The molecule has 0 radical (unpaired) electrons. The minimum Gasteiger partial charge on any atom is -0.487 e. The fourth-order valence-corrected chi connectivity index (χ4v) is 5.06. The van der Waals surface area contributed by atoms with Crippen LogP contribution in [0.4, 0.5) is 0 Å². The first-order valence-electron chi connectivity index (χ1n) is 10.3. The topological polar surface area (TPSA) is 55.8 Å². The Morgan fingerprint density at radius 3 is 2.72 bits per heavy atom.